The molecule has 31 heavy (non-hydrogen) atoms. The van der Waals surface area contributed by atoms with E-state index in [1.807, 2.05) is 52.0 Å². The van der Waals surface area contributed by atoms with E-state index in [2.05, 4.69) is 24.5 Å². The summed E-state index contributed by atoms with van der Waals surface area (Å²) >= 11 is 0. The molecule has 0 saturated carbocycles. The average Bonchev–Trinajstić information content (AvgIpc) is 2.69. The molecule has 7 nitrogen and oxygen atoms in total. The van der Waals surface area contributed by atoms with Crippen molar-refractivity contribution in [1.82, 2.24) is 10.2 Å². The minimum Gasteiger partial charge on any atom is -0.444 e. The second-order valence-electron chi connectivity index (χ2n) is 9.23. The highest BCUT2D eigenvalue weighted by Gasteiger charge is 2.26. The van der Waals surface area contributed by atoms with Gasteiger partial charge in [0.1, 0.15) is 17.2 Å². The van der Waals surface area contributed by atoms with E-state index in [1.165, 1.54) is 6.20 Å². The number of ether oxygens (including phenoxy) is 1. The van der Waals surface area contributed by atoms with Crippen LogP contribution in [-0.4, -0.2) is 41.6 Å². The Morgan fingerprint density at radius 3 is 2.45 bits per heavy atom. The molecule has 0 unspecified atom stereocenters. The van der Waals surface area contributed by atoms with Crippen molar-refractivity contribution < 1.29 is 14.3 Å². The summed E-state index contributed by atoms with van der Waals surface area (Å²) in [6, 6.07) is 7.96. The van der Waals surface area contributed by atoms with Crippen LogP contribution in [0.3, 0.4) is 0 Å². The van der Waals surface area contributed by atoms with Gasteiger partial charge in [0.15, 0.2) is 0 Å². The number of aryl methyl sites for hydroxylation is 1. The van der Waals surface area contributed by atoms with Gasteiger partial charge < -0.3 is 20.3 Å². The van der Waals surface area contributed by atoms with E-state index in [0.717, 1.165) is 16.8 Å². The number of amides is 2. The van der Waals surface area contributed by atoms with Crippen LogP contribution >= 0.6 is 0 Å². The average molecular weight is 427 g/mol. The van der Waals surface area contributed by atoms with E-state index in [1.54, 1.807) is 4.90 Å². The van der Waals surface area contributed by atoms with E-state index in [-0.39, 0.29) is 23.6 Å². The summed E-state index contributed by atoms with van der Waals surface area (Å²) in [4.78, 5) is 26.6. The first kappa shape index (κ1) is 24.3. The summed E-state index contributed by atoms with van der Waals surface area (Å²) in [5, 5.41) is 15.6. The molecule has 1 aliphatic rings. The van der Waals surface area contributed by atoms with Gasteiger partial charge in [-0.25, -0.2) is 4.79 Å². The van der Waals surface area contributed by atoms with Gasteiger partial charge in [0.25, 0.3) is 5.91 Å². The molecule has 1 saturated heterocycles. The molecule has 2 N–H and O–H groups in total. The molecule has 0 aliphatic carbocycles. The minimum absolute atomic E-state index is 0.0209. The monoisotopic (exact) mass is 426 g/mol. The Bertz CT molecular complexity index is 870. The molecule has 0 radical (unpaired) electrons. The largest absolute Gasteiger partial charge is 0.444 e. The molecule has 168 valence electrons. The van der Waals surface area contributed by atoms with Gasteiger partial charge in [-0.15, -0.1) is 0 Å². The number of benzene rings is 1. The van der Waals surface area contributed by atoms with E-state index >= 15 is 0 Å². The first-order chi connectivity index (χ1) is 14.5. The molecule has 0 atom stereocenters. The predicted octanol–water partition coefficient (Wildman–Crippen LogP) is 4.45. The normalized spacial score (nSPS) is 15.4. The number of carbonyl (C=O) groups excluding carboxylic acids is 2. The Kier molecular flexibility index (Phi) is 8.09. The SMILES string of the molecule is Cc1cccc(C(C)C)c1NC(=O)/C(C#N)=C\NC1CCN(C(=O)OC(C)(C)C)CC1. The van der Waals surface area contributed by atoms with E-state index < -0.39 is 11.5 Å². The van der Waals surface area contributed by atoms with Gasteiger partial charge >= 0.3 is 6.09 Å². The highest BCUT2D eigenvalue weighted by molar-refractivity contribution is 6.07. The summed E-state index contributed by atoms with van der Waals surface area (Å²) in [6.07, 6.45) is 2.60. The third-order valence-electron chi connectivity index (χ3n) is 5.14. The Balaban J connectivity index is 1.96. The lowest BCUT2D eigenvalue weighted by molar-refractivity contribution is -0.112. The van der Waals surface area contributed by atoms with Gasteiger partial charge in [0, 0.05) is 31.0 Å². The zero-order chi connectivity index (χ0) is 23.2. The quantitative estimate of drug-likeness (QED) is 0.536. The maximum atomic E-state index is 12.7. The van der Waals surface area contributed by atoms with E-state index in [0.29, 0.717) is 25.9 Å². The third kappa shape index (κ3) is 7.02. The maximum absolute atomic E-state index is 12.7. The number of rotatable bonds is 5. The number of carbonyl (C=O) groups is 2. The minimum atomic E-state index is -0.517. The lowest BCUT2D eigenvalue weighted by Crippen LogP contribution is -2.45. The molecule has 1 aromatic rings. The number of hydrogen-bond donors (Lipinski definition) is 2. The first-order valence-electron chi connectivity index (χ1n) is 10.8. The van der Waals surface area contributed by atoms with Crippen molar-refractivity contribution in [2.45, 2.75) is 71.9 Å². The third-order valence-corrected chi connectivity index (χ3v) is 5.14. The molecule has 1 fully saturated rings. The van der Waals surface area contributed by atoms with Crippen LogP contribution in [0.4, 0.5) is 10.5 Å². The summed E-state index contributed by atoms with van der Waals surface area (Å²) < 4.78 is 5.41. The summed E-state index contributed by atoms with van der Waals surface area (Å²) in [6.45, 7) is 12.7. The summed E-state index contributed by atoms with van der Waals surface area (Å²) in [5.74, 6) is -0.185. The predicted molar refractivity (Wildman–Crippen MR) is 122 cm³/mol. The van der Waals surface area contributed by atoms with Crippen LogP contribution < -0.4 is 10.6 Å². The molecule has 0 bridgehead atoms. The van der Waals surface area contributed by atoms with Gasteiger partial charge in [0.05, 0.1) is 0 Å². The molecule has 0 aromatic heterocycles. The lowest BCUT2D eigenvalue weighted by atomic mass is 9.98. The van der Waals surface area contributed by atoms with Crippen LogP contribution in [0.1, 0.15) is 64.5 Å². The second kappa shape index (κ2) is 10.3. The molecule has 1 aliphatic heterocycles. The molecule has 1 aromatic carbocycles. The standard InChI is InChI=1S/C24H34N4O3/c1-16(2)20-9-7-8-17(3)21(20)27-22(29)18(14-25)15-26-19-10-12-28(13-11-19)23(30)31-24(4,5)6/h7-9,15-16,19,26H,10-13H2,1-6H3,(H,27,29)/b18-15-. The number of likely N-dealkylation sites (tertiary alicyclic amines) is 1. The van der Waals surface area contributed by atoms with Crippen molar-refractivity contribution in [3.63, 3.8) is 0 Å². The van der Waals surface area contributed by atoms with Crippen LogP contribution in [0.2, 0.25) is 0 Å². The highest BCUT2D eigenvalue weighted by Crippen LogP contribution is 2.27. The van der Waals surface area contributed by atoms with E-state index in [9.17, 15) is 14.9 Å². The number of para-hydroxylation sites is 1. The van der Waals surface area contributed by atoms with Gasteiger partial charge in [0.2, 0.25) is 0 Å². The first-order valence-corrected chi connectivity index (χ1v) is 10.8. The fraction of sp³-hybridized carbons (Fsp3) is 0.542. The summed E-state index contributed by atoms with van der Waals surface area (Å²) in [7, 11) is 0. The van der Waals surface area contributed by atoms with Crippen molar-refractivity contribution in [2.24, 2.45) is 0 Å². The van der Waals surface area contributed by atoms with Crippen molar-refractivity contribution in [2.75, 3.05) is 18.4 Å². The van der Waals surface area contributed by atoms with Crippen LogP contribution in [0.25, 0.3) is 0 Å². The van der Waals surface area contributed by atoms with Crippen LogP contribution in [0.15, 0.2) is 30.0 Å². The number of nitriles is 1. The smallest absolute Gasteiger partial charge is 0.410 e. The van der Waals surface area contributed by atoms with Crippen LogP contribution in [0.5, 0.6) is 0 Å². The van der Waals surface area contributed by atoms with Gasteiger partial charge in [-0.3, -0.25) is 4.79 Å². The Morgan fingerprint density at radius 1 is 1.26 bits per heavy atom. The highest BCUT2D eigenvalue weighted by atomic mass is 16.6. The Labute approximate surface area is 185 Å². The maximum Gasteiger partial charge on any atom is 0.410 e. The number of piperidine rings is 1. The molecule has 1 heterocycles. The van der Waals surface area contributed by atoms with Crippen LogP contribution in [-0.2, 0) is 9.53 Å². The fourth-order valence-electron chi connectivity index (χ4n) is 3.43. The van der Waals surface area contributed by atoms with Crippen molar-refractivity contribution in [3.8, 4) is 6.07 Å². The molecule has 2 amide bonds. The number of nitrogens with one attached hydrogen (secondary N) is 2. The molecule has 0 spiro atoms. The zero-order valence-electron chi connectivity index (χ0n) is 19.4. The number of hydrogen-bond acceptors (Lipinski definition) is 5. The van der Waals surface area contributed by atoms with Gasteiger partial charge in [-0.1, -0.05) is 32.0 Å². The second-order valence-corrected chi connectivity index (χ2v) is 9.23. The Morgan fingerprint density at radius 2 is 1.90 bits per heavy atom. The fourth-order valence-corrected chi connectivity index (χ4v) is 3.43. The van der Waals surface area contributed by atoms with Gasteiger partial charge in [-0.2, -0.15) is 5.26 Å². The topological polar surface area (TPSA) is 94.5 Å². The Hall–Kier alpha value is -3.01. The number of nitrogens with zero attached hydrogens (tertiary/aromatic N) is 2. The van der Waals surface area contributed by atoms with Crippen molar-refractivity contribution in [3.05, 3.63) is 41.1 Å². The van der Waals surface area contributed by atoms with Crippen molar-refractivity contribution in [1.29, 1.82) is 5.26 Å². The summed E-state index contributed by atoms with van der Waals surface area (Å²) in [5.41, 5.74) is 2.26. The van der Waals surface area contributed by atoms with Gasteiger partial charge in [-0.05, 0) is 57.6 Å². The molecule has 7 heteroatoms. The van der Waals surface area contributed by atoms with E-state index in [4.69, 9.17) is 4.74 Å². The molecule has 2 rings (SSSR count). The van der Waals surface area contributed by atoms with Crippen LogP contribution in [0, 0.1) is 18.3 Å². The zero-order valence-corrected chi connectivity index (χ0v) is 19.4. The molecular weight excluding hydrogens is 392 g/mol. The lowest BCUT2D eigenvalue weighted by Gasteiger charge is -2.33. The molecular formula is C24H34N4O3. The number of anilines is 1. The van der Waals surface area contributed by atoms with Crippen molar-refractivity contribution >= 4 is 17.7 Å².